The highest BCUT2D eigenvalue weighted by atomic mass is 35.5. The van der Waals surface area contributed by atoms with Gasteiger partial charge in [-0.2, -0.15) is 0 Å². The van der Waals surface area contributed by atoms with Gasteiger partial charge in [0.15, 0.2) is 0 Å². The van der Waals surface area contributed by atoms with Gasteiger partial charge in [-0.05, 0) is 43.2 Å². The lowest BCUT2D eigenvalue weighted by Crippen LogP contribution is -2.52. The Morgan fingerprint density at radius 3 is 2.22 bits per heavy atom. The highest BCUT2D eigenvalue weighted by Gasteiger charge is 2.41. The largest absolute Gasteiger partial charge is 0.352 e. The lowest BCUT2D eigenvalue weighted by atomic mass is 10.0. The third-order valence-corrected chi connectivity index (χ3v) is 9.65. The molecule has 2 unspecified atom stereocenters. The lowest BCUT2D eigenvalue weighted by molar-refractivity contribution is -0.141. The Hall–Kier alpha value is -3.40. The number of hydrogen-bond acceptors (Lipinski definition) is 5. The van der Waals surface area contributed by atoms with Crippen molar-refractivity contribution in [3.05, 3.63) is 99.5 Å². The smallest absolute Gasteiger partial charge is 0.269 e. The van der Waals surface area contributed by atoms with E-state index in [2.05, 4.69) is 5.32 Å². The molecule has 1 aliphatic rings. The van der Waals surface area contributed by atoms with Crippen LogP contribution < -0.4 is 5.32 Å². The van der Waals surface area contributed by atoms with Gasteiger partial charge in [-0.3, -0.25) is 14.4 Å². The SMILES string of the molecule is CCC(C)NC(=O)C(Cc1ccccc1)N(Cc1c(Cl)cccc1Cl)C(=O)CCN1C(=O)c2ccccc2S1(=O)=O. The molecule has 0 saturated carbocycles. The first kappa shape index (κ1) is 30.6. The Bertz CT molecular complexity index is 1530. The number of nitrogens with one attached hydrogen (secondary N) is 1. The van der Waals surface area contributed by atoms with Crippen LogP contribution in [-0.2, 0) is 32.6 Å². The van der Waals surface area contributed by atoms with Crippen LogP contribution in [0.15, 0.2) is 77.7 Å². The number of halogens is 2. The summed E-state index contributed by atoms with van der Waals surface area (Å²) < 4.78 is 26.9. The van der Waals surface area contributed by atoms with Gasteiger partial charge in [0.1, 0.15) is 10.9 Å². The third-order valence-electron chi connectivity index (χ3n) is 7.10. The molecular formula is C30H31Cl2N3O5S. The molecule has 1 N–H and O–H groups in total. The summed E-state index contributed by atoms with van der Waals surface area (Å²) >= 11 is 12.9. The Labute approximate surface area is 250 Å². The van der Waals surface area contributed by atoms with Crippen LogP contribution in [0, 0.1) is 0 Å². The van der Waals surface area contributed by atoms with E-state index in [1.807, 2.05) is 44.2 Å². The summed E-state index contributed by atoms with van der Waals surface area (Å²) in [6.45, 7) is 3.33. The minimum absolute atomic E-state index is 0.0644. The summed E-state index contributed by atoms with van der Waals surface area (Å²) in [4.78, 5) is 41.8. The number of fused-ring (bicyclic) bond motifs is 1. The van der Waals surface area contributed by atoms with Gasteiger partial charge >= 0.3 is 0 Å². The van der Waals surface area contributed by atoms with E-state index in [1.165, 1.54) is 23.1 Å². The summed E-state index contributed by atoms with van der Waals surface area (Å²) in [5.41, 5.74) is 1.35. The number of rotatable bonds is 11. The summed E-state index contributed by atoms with van der Waals surface area (Å²) in [5.74, 6) is -1.58. The van der Waals surface area contributed by atoms with Gasteiger partial charge in [0.2, 0.25) is 11.8 Å². The standard InChI is InChI=1S/C30H31Cl2N3O5S/c1-3-20(2)33-29(37)26(18-21-10-5-4-6-11-21)34(19-23-24(31)13-9-14-25(23)32)28(36)16-17-35-30(38)22-12-7-8-15-27(22)41(35,39)40/h4-15,20,26H,3,16-19H2,1-2H3,(H,33,37). The topological polar surface area (TPSA) is 104 Å². The summed E-state index contributed by atoms with van der Waals surface area (Å²) in [6, 6.07) is 19.1. The van der Waals surface area contributed by atoms with Crippen LogP contribution in [0.2, 0.25) is 10.0 Å². The van der Waals surface area contributed by atoms with Crippen molar-refractivity contribution in [1.29, 1.82) is 0 Å². The molecule has 3 aromatic carbocycles. The first-order chi connectivity index (χ1) is 19.5. The maximum Gasteiger partial charge on any atom is 0.269 e. The average Bonchev–Trinajstić information content (AvgIpc) is 3.15. The van der Waals surface area contributed by atoms with Crippen LogP contribution in [-0.4, -0.2) is 54.0 Å². The summed E-state index contributed by atoms with van der Waals surface area (Å²) in [6.07, 6.45) is 0.538. The molecular weight excluding hydrogens is 585 g/mol. The van der Waals surface area contributed by atoms with Crippen LogP contribution in [0.1, 0.15) is 48.2 Å². The van der Waals surface area contributed by atoms with Crippen LogP contribution in [0.3, 0.4) is 0 Å². The van der Waals surface area contributed by atoms with Crippen molar-refractivity contribution < 1.29 is 22.8 Å². The zero-order chi connectivity index (χ0) is 29.7. The van der Waals surface area contributed by atoms with E-state index in [0.29, 0.717) is 26.3 Å². The van der Waals surface area contributed by atoms with Crippen molar-refractivity contribution in [3.8, 4) is 0 Å². The first-order valence-electron chi connectivity index (χ1n) is 13.3. The van der Waals surface area contributed by atoms with E-state index < -0.39 is 27.9 Å². The molecule has 41 heavy (non-hydrogen) atoms. The minimum Gasteiger partial charge on any atom is -0.352 e. The Balaban J connectivity index is 1.68. The summed E-state index contributed by atoms with van der Waals surface area (Å²) in [7, 11) is -4.10. The van der Waals surface area contributed by atoms with Gasteiger partial charge in [-0.25, -0.2) is 12.7 Å². The lowest BCUT2D eigenvalue weighted by Gasteiger charge is -2.33. The monoisotopic (exact) mass is 615 g/mol. The van der Waals surface area contributed by atoms with Crippen LogP contribution in [0.25, 0.3) is 0 Å². The molecule has 3 aromatic rings. The molecule has 1 aliphatic heterocycles. The normalized spacial score (nSPS) is 15.2. The van der Waals surface area contributed by atoms with E-state index in [1.54, 1.807) is 24.3 Å². The molecule has 0 aromatic heterocycles. The van der Waals surface area contributed by atoms with E-state index in [9.17, 15) is 22.8 Å². The van der Waals surface area contributed by atoms with Crippen LogP contribution >= 0.6 is 23.2 Å². The molecule has 2 atom stereocenters. The summed E-state index contributed by atoms with van der Waals surface area (Å²) in [5, 5.41) is 3.62. The fraction of sp³-hybridized carbons (Fsp3) is 0.300. The molecule has 0 aliphatic carbocycles. The second kappa shape index (κ2) is 13.1. The van der Waals surface area contributed by atoms with Crippen molar-refractivity contribution in [2.75, 3.05) is 6.54 Å². The van der Waals surface area contributed by atoms with Gasteiger partial charge < -0.3 is 10.2 Å². The van der Waals surface area contributed by atoms with Gasteiger partial charge in [0.05, 0.1) is 5.56 Å². The van der Waals surface area contributed by atoms with Crippen molar-refractivity contribution in [3.63, 3.8) is 0 Å². The number of hydrogen-bond donors (Lipinski definition) is 1. The molecule has 0 fully saturated rings. The molecule has 8 nitrogen and oxygen atoms in total. The first-order valence-corrected chi connectivity index (χ1v) is 15.5. The highest BCUT2D eigenvalue weighted by Crippen LogP contribution is 2.31. The number of nitrogens with zero attached hydrogens (tertiary/aromatic N) is 2. The fourth-order valence-electron chi connectivity index (χ4n) is 4.64. The third kappa shape index (κ3) is 6.74. The molecule has 0 spiro atoms. The molecule has 0 saturated heterocycles. The number of carbonyl (C=O) groups excluding carboxylic acids is 3. The Morgan fingerprint density at radius 2 is 1.59 bits per heavy atom. The molecule has 216 valence electrons. The number of amides is 3. The molecule has 0 bridgehead atoms. The van der Waals surface area contributed by atoms with E-state index in [0.717, 1.165) is 5.56 Å². The van der Waals surface area contributed by atoms with E-state index >= 15 is 0 Å². The van der Waals surface area contributed by atoms with Gasteiger partial charge in [0.25, 0.3) is 15.9 Å². The minimum atomic E-state index is -4.10. The van der Waals surface area contributed by atoms with Crippen molar-refractivity contribution in [2.24, 2.45) is 0 Å². The second-order valence-corrected chi connectivity index (χ2v) is 12.5. The van der Waals surface area contributed by atoms with E-state index in [4.69, 9.17) is 23.2 Å². The molecule has 0 radical (unpaired) electrons. The number of carbonyl (C=O) groups is 3. The number of benzene rings is 3. The highest BCUT2D eigenvalue weighted by molar-refractivity contribution is 7.90. The predicted molar refractivity (Wildman–Crippen MR) is 158 cm³/mol. The maximum atomic E-state index is 13.9. The Kier molecular flexibility index (Phi) is 9.73. The predicted octanol–water partition coefficient (Wildman–Crippen LogP) is 5.08. The fourth-order valence-corrected chi connectivity index (χ4v) is 6.73. The number of sulfonamides is 1. The van der Waals surface area contributed by atoms with Gasteiger partial charge in [-0.1, -0.05) is 78.7 Å². The van der Waals surface area contributed by atoms with Crippen molar-refractivity contribution >= 4 is 50.9 Å². The zero-order valence-electron chi connectivity index (χ0n) is 22.7. The van der Waals surface area contributed by atoms with Gasteiger partial charge in [0, 0.05) is 47.6 Å². The molecule has 4 rings (SSSR count). The molecule has 3 amide bonds. The quantitative estimate of drug-likeness (QED) is 0.324. The zero-order valence-corrected chi connectivity index (χ0v) is 25.0. The molecule has 1 heterocycles. The van der Waals surface area contributed by atoms with Crippen LogP contribution in [0.5, 0.6) is 0 Å². The average molecular weight is 617 g/mol. The van der Waals surface area contributed by atoms with Crippen molar-refractivity contribution in [2.45, 2.75) is 56.6 Å². The Morgan fingerprint density at radius 1 is 0.951 bits per heavy atom. The van der Waals surface area contributed by atoms with E-state index in [-0.39, 0.29) is 48.3 Å². The molecule has 11 heteroatoms. The maximum absolute atomic E-state index is 13.9. The van der Waals surface area contributed by atoms with Crippen LogP contribution in [0.4, 0.5) is 0 Å². The van der Waals surface area contributed by atoms with Gasteiger partial charge in [-0.15, -0.1) is 0 Å². The van der Waals surface area contributed by atoms with Crippen molar-refractivity contribution in [1.82, 2.24) is 14.5 Å². The second-order valence-electron chi connectivity index (χ2n) is 9.87.